The quantitative estimate of drug-likeness (QED) is 0.767. The van der Waals surface area contributed by atoms with E-state index in [9.17, 15) is 9.59 Å². The van der Waals surface area contributed by atoms with Crippen LogP contribution in [0.3, 0.4) is 0 Å². The van der Waals surface area contributed by atoms with Gasteiger partial charge in [0.15, 0.2) is 0 Å². The van der Waals surface area contributed by atoms with Crippen LogP contribution in [0.15, 0.2) is 18.5 Å². The highest BCUT2D eigenvalue weighted by Crippen LogP contribution is 2.05. The molecule has 6 nitrogen and oxygen atoms in total. The number of esters is 1. The molecule has 1 aromatic rings. The van der Waals surface area contributed by atoms with Crippen LogP contribution >= 0.6 is 0 Å². The Bertz CT molecular complexity index is 392. The van der Waals surface area contributed by atoms with Crippen LogP contribution < -0.4 is 5.32 Å². The predicted molar refractivity (Wildman–Crippen MR) is 60.1 cm³/mol. The van der Waals surface area contributed by atoms with Crippen molar-refractivity contribution >= 4 is 11.9 Å². The lowest BCUT2D eigenvalue weighted by molar-refractivity contribution is -0.144. The molecule has 0 spiro atoms. The van der Waals surface area contributed by atoms with Gasteiger partial charge in [0.1, 0.15) is 6.04 Å². The molecule has 1 N–H and O–H groups in total. The molecule has 0 saturated heterocycles. The molecule has 1 unspecified atom stereocenters. The Morgan fingerprint density at radius 2 is 2.06 bits per heavy atom. The van der Waals surface area contributed by atoms with E-state index in [1.54, 1.807) is 0 Å². The van der Waals surface area contributed by atoms with Crippen molar-refractivity contribution in [3.63, 3.8) is 0 Å². The third kappa shape index (κ3) is 3.51. The van der Waals surface area contributed by atoms with Crippen LogP contribution in [-0.4, -0.2) is 35.2 Å². The van der Waals surface area contributed by atoms with Crippen molar-refractivity contribution in [3.05, 3.63) is 24.0 Å². The lowest BCUT2D eigenvalue weighted by atomic mass is 10.0. The van der Waals surface area contributed by atoms with Crippen molar-refractivity contribution in [1.29, 1.82) is 0 Å². The van der Waals surface area contributed by atoms with E-state index in [4.69, 9.17) is 0 Å². The maximum absolute atomic E-state index is 11.8. The Kier molecular flexibility index (Phi) is 4.56. The topological polar surface area (TPSA) is 81.2 Å². The summed E-state index contributed by atoms with van der Waals surface area (Å²) in [6.45, 7) is 3.65. The number of nitrogens with zero attached hydrogens (tertiary/aromatic N) is 2. The maximum atomic E-state index is 11.8. The van der Waals surface area contributed by atoms with Gasteiger partial charge in [0.2, 0.25) is 0 Å². The van der Waals surface area contributed by atoms with Gasteiger partial charge < -0.3 is 10.1 Å². The molecule has 1 amide bonds. The van der Waals surface area contributed by atoms with Crippen LogP contribution in [-0.2, 0) is 9.53 Å². The van der Waals surface area contributed by atoms with Crippen LogP contribution in [0.5, 0.6) is 0 Å². The minimum absolute atomic E-state index is 0.0544. The molecule has 0 saturated carbocycles. The summed E-state index contributed by atoms with van der Waals surface area (Å²) in [5.74, 6) is -0.888. The summed E-state index contributed by atoms with van der Waals surface area (Å²) in [5, 5.41) is 9.77. The molecule has 92 valence electrons. The Morgan fingerprint density at radius 1 is 1.35 bits per heavy atom. The molecule has 0 aliphatic heterocycles. The van der Waals surface area contributed by atoms with Gasteiger partial charge in [0.05, 0.1) is 25.1 Å². The second-order valence-electron chi connectivity index (χ2n) is 3.85. The van der Waals surface area contributed by atoms with Gasteiger partial charge in [-0.05, 0) is 12.0 Å². The van der Waals surface area contributed by atoms with Crippen LogP contribution in [0, 0.1) is 5.92 Å². The molecule has 0 aromatic carbocycles. The van der Waals surface area contributed by atoms with Crippen molar-refractivity contribution in [3.8, 4) is 0 Å². The molecule has 0 bridgehead atoms. The number of hydrogen-bond acceptors (Lipinski definition) is 5. The normalized spacial score (nSPS) is 12.0. The SMILES string of the molecule is COC(=O)C(NC(=O)c1ccnnc1)C(C)C. The summed E-state index contributed by atoms with van der Waals surface area (Å²) in [6.07, 6.45) is 2.75. The molecular formula is C11H15N3O3. The monoisotopic (exact) mass is 237 g/mol. The van der Waals surface area contributed by atoms with Crippen LogP contribution in [0.25, 0.3) is 0 Å². The molecule has 1 aromatic heterocycles. The number of aromatic nitrogens is 2. The molecule has 0 aliphatic rings. The van der Waals surface area contributed by atoms with E-state index < -0.39 is 12.0 Å². The summed E-state index contributed by atoms with van der Waals surface area (Å²) in [6, 6.07) is 0.859. The molecule has 1 heterocycles. The van der Waals surface area contributed by atoms with Gasteiger partial charge in [-0.1, -0.05) is 13.8 Å². The maximum Gasteiger partial charge on any atom is 0.328 e. The number of carbonyl (C=O) groups excluding carboxylic acids is 2. The summed E-state index contributed by atoms with van der Waals surface area (Å²) < 4.78 is 4.63. The average molecular weight is 237 g/mol. The van der Waals surface area contributed by atoms with Gasteiger partial charge >= 0.3 is 5.97 Å². The molecular weight excluding hydrogens is 222 g/mol. The summed E-state index contributed by atoms with van der Waals surface area (Å²) in [7, 11) is 1.29. The third-order valence-electron chi connectivity index (χ3n) is 2.25. The van der Waals surface area contributed by atoms with Gasteiger partial charge in [0, 0.05) is 0 Å². The van der Waals surface area contributed by atoms with E-state index in [0.717, 1.165) is 0 Å². The summed E-state index contributed by atoms with van der Waals surface area (Å²) in [5.41, 5.74) is 0.356. The van der Waals surface area contributed by atoms with Gasteiger partial charge in [-0.3, -0.25) is 4.79 Å². The zero-order valence-electron chi connectivity index (χ0n) is 10.0. The number of rotatable bonds is 4. The Hall–Kier alpha value is -1.98. The Balaban J connectivity index is 2.75. The van der Waals surface area contributed by atoms with Crippen molar-refractivity contribution in [2.45, 2.75) is 19.9 Å². The summed E-state index contributed by atoms with van der Waals surface area (Å²) >= 11 is 0. The molecule has 17 heavy (non-hydrogen) atoms. The highest BCUT2D eigenvalue weighted by Gasteiger charge is 2.25. The molecule has 6 heteroatoms. The number of amides is 1. The fourth-order valence-corrected chi connectivity index (χ4v) is 1.27. The van der Waals surface area contributed by atoms with Crippen LogP contribution in [0.2, 0.25) is 0 Å². The standard InChI is InChI=1S/C11H15N3O3/c1-7(2)9(11(16)17-3)14-10(15)8-4-5-12-13-6-8/h4-7,9H,1-3H3,(H,14,15). The highest BCUT2D eigenvalue weighted by molar-refractivity contribution is 5.96. The third-order valence-corrected chi connectivity index (χ3v) is 2.25. The second-order valence-corrected chi connectivity index (χ2v) is 3.85. The fraction of sp³-hybridized carbons (Fsp3) is 0.455. The van der Waals surface area contributed by atoms with E-state index >= 15 is 0 Å². The van der Waals surface area contributed by atoms with E-state index in [-0.39, 0.29) is 11.8 Å². The minimum atomic E-state index is -0.666. The van der Waals surface area contributed by atoms with Gasteiger partial charge in [-0.15, -0.1) is 0 Å². The number of hydrogen-bond donors (Lipinski definition) is 1. The first-order valence-corrected chi connectivity index (χ1v) is 5.21. The van der Waals surface area contributed by atoms with E-state index in [1.165, 1.54) is 25.6 Å². The zero-order valence-corrected chi connectivity index (χ0v) is 10.0. The van der Waals surface area contributed by atoms with Crippen LogP contribution in [0.1, 0.15) is 24.2 Å². The number of methoxy groups -OCH3 is 1. The molecule has 1 rings (SSSR count). The molecule has 0 fully saturated rings. The molecule has 1 atom stereocenters. The average Bonchev–Trinajstić information content (AvgIpc) is 2.35. The minimum Gasteiger partial charge on any atom is -0.467 e. The van der Waals surface area contributed by atoms with E-state index in [2.05, 4.69) is 20.3 Å². The number of carbonyl (C=O) groups is 2. The van der Waals surface area contributed by atoms with Crippen LogP contribution in [0.4, 0.5) is 0 Å². The number of ether oxygens (including phenoxy) is 1. The molecule has 0 radical (unpaired) electrons. The van der Waals surface area contributed by atoms with Crippen molar-refractivity contribution in [2.75, 3.05) is 7.11 Å². The Morgan fingerprint density at radius 3 is 2.53 bits per heavy atom. The fourth-order valence-electron chi connectivity index (χ4n) is 1.27. The van der Waals surface area contributed by atoms with Crippen molar-refractivity contribution in [2.24, 2.45) is 5.92 Å². The van der Waals surface area contributed by atoms with Gasteiger partial charge in [-0.2, -0.15) is 10.2 Å². The first-order chi connectivity index (χ1) is 8.06. The van der Waals surface area contributed by atoms with Gasteiger partial charge in [0.25, 0.3) is 5.91 Å². The first-order valence-electron chi connectivity index (χ1n) is 5.21. The summed E-state index contributed by atoms with van der Waals surface area (Å²) in [4.78, 5) is 23.2. The lowest BCUT2D eigenvalue weighted by Gasteiger charge is -2.19. The molecule has 0 aliphatic carbocycles. The smallest absolute Gasteiger partial charge is 0.328 e. The van der Waals surface area contributed by atoms with Crippen molar-refractivity contribution in [1.82, 2.24) is 15.5 Å². The zero-order chi connectivity index (χ0) is 12.8. The van der Waals surface area contributed by atoms with Gasteiger partial charge in [-0.25, -0.2) is 4.79 Å². The largest absolute Gasteiger partial charge is 0.467 e. The highest BCUT2D eigenvalue weighted by atomic mass is 16.5. The van der Waals surface area contributed by atoms with Crippen molar-refractivity contribution < 1.29 is 14.3 Å². The first kappa shape index (κ1) is 13.1. The number of nitrogens with one attached hydrogen (secondary N) is 1. The Labute approximate surface area is 99.4 Å². The predicted octanol–water partition coefficient (Wildman–Crippen LogP) is 0.404. The van der Waals surface area contributed by atoms with E-state index in [1.807, 2.05) is 13.8 Å². The van der Waals surface area contributed by atoms with E-state index in [0.29, 0.717) is 5.56 Å². The second kappa shape index (κ2) is 5.93. The lowest BCUT2D eigenvalue weighted by Crippen LogP contribution is -2.45.